The van der Waals surface area contributed by atoms with Crippen molar-refractivity contribution in [2.24, 2.45) is 16.8 Å². The third-order valence-electron chi connectivity index (χ3n) is 4.61. The predicted octanol–water partition coefficient (Wildman–Crippen LogP) is 4.47. The normalized spacial score (nSPS) is 21.6. The summed E-state index contributed by atoms with van der Waals surface area (Å²) in [6.45, 7) is 2.08. The number of benzene rings is 2. The van der Waals surface area contributed by atoms with Crippen LogP contribution in [0, 0.1) is 11.7 Å². The quantitative estimate of drug-likeness (QED) is 0.628. The molecule has 0 amide bonds. The maximum atomic E-state index is 14.0. The van der Waals surface area contributed by atoms with Crippen LogP contribution in [0.5, 0.6) is 0 Å². The molecule has 158 valence electrons. The Kier molecular flexibility index (Phi) is 6.79. The van der Waals surface area contributed by atoms with E-state index in [0.29, 0.717) is 17.9 Å². The zero-order valence-electron chi connectivity index (χ0n) is 16.3. The van der Waals surface area contributed by atoms with E-state index in [4.69, 9.17) is 17.3 Å². The Morgan fingerprint density at radius 3 is 2.70 bits per heavy atom. The van der Waals surface area contributed by atoms with Crippen LogP contribution in [0.15, 0.2) is 70.8 Å². The predicted molar refractivity (Wildman–Crippen MR) is 119 cm³/mol. The monoisotopic (exact) mass is 448 g/mol. The first-order valence-corrected chi connectivity index (χ1v) is 11.2. The minimum atomic E-state index is -4.12. The molecule has 0 bridgehead atoms. The van der Waals surface area contributed by atoms with Crippen LogP contribution >= 0.6 is 11.6 Å². The fraction of sp³-hybridized carbons (Fsp3) is 0.190. The number of nitrogens with zero attached hydrogens (tertiary/aromatic N) is 1. The smallest absolute Gasteiger partial charge is 0.264 e. The molecule has 0 saturated heterocycles. The Labute approximate surface area is 180 Å². The summed E-state index contributed by atoms with van der Waals surface area (Å²) in [5.41, 5.74) is 10.8. The average molecular weight is 449 g/mol. The van der Waals surface area contributed by atoms with Gasteiger partial charge < -0.3 is 5.73 Å². The SMILES string of the molecule is CCC1/C=C(c2ccc(NS(=O)(=O)c3cc(Cl)ccc3F)cc2)\C=C\N/N=C(/N)C1. The van der Waals surface area contributed by atoms with Crippen LogP contribution in [0.25, 0.3) is 5.57 Å². The number of halogens is 2. The minimum absolute atomic E-state index is 0.134. The highest BCUT2D eigenvalue weighted by molar-refractivity contribution is 7.92. The summed E-state index contributed by atoms with van der Waals surface area (Å²) >= 11 is 5.81. The van der Waals surface area contributed by atoms with Gasteiger partial charge in [-0.15, -0.1) is 0 Å². The molecule has 9 heteroatoms. The summed E-state index contributed by atoms with van der Waals surface area (Å²) < 4.78 is 41.4. The first-order chi connectivity index (χ1) is 14.3. The number of hydrogen-bond donors (Lipinski definition) is 3. The highest BCUT2D eigenvalue weighted by Gasteiger charge is 2.20. The van der Waals surface area contributed by atoms with Crippen molar-refractivity contribution in [1.29, 1.82) is 0 Å². The molecule has 0 aliphatic carbocycles. The molecule has 3 rings (SSSR count). The first-order valence-electron chi connectivity index (χ1n) is 9.32. The zero-order valence-corrected chi connectivity index (χ0v) is 17.8. The van der Waals surface area contributed by atoms with E-state index in [-0.39, 0.29) is 10.9 Å². The second kappa shape index (κ2) is 9.32. The Morgan fingerprint density at radius 1 is 1.27 bits per heavy atom. The lowest BCUT2D eigenvalue weighted by Crippen LogP contribution is -2.18. The van der Waals surface area contributed by atoms with Crippen LogP contribution in [-0.2, 0) is 10.0 Å². The van der Waals surface area contributed by atoms with Crippen molar-refractivity contribution >= 4 is 38.7 Å². The minimum Gasteiger partial charge on any atom is -0.386 e. The van der Waals surface area contributed by atoms with Gasteiger partial charge in [-0.05, 0) is 59.9 Å². The van der Waals surface area contributed by atoms with Crippen molar-refractivity contribution in [1.82, 2.24) is 5.43 Å². The van der Waals surface area contributed by atoms with E-state index in [1.165, 1.54) is 6.07 Å². The Hall–Kier alpha value is -2.84. The number of nitrogens with two attached hydrogens (primary N) is 1. The Balaban J connectivity index is 1.84. The van der Waals surface area contributed by atoms with Crippen LogP contribution in [0.1, 0.15) is 25.3 Å². The van der Waals surface area contributed by atoms with E-state index in [2.05, 4.69) is 28.2 Å². The van der Waals surface area contributed by atoms with Crippen molar-refractivity contribution < 1.29 is 12.8 Å². The number of rotatable bonds is 5. The van der Waals surface area contributed by atoms with Gasteiger partial charge in [-0.25, -0.2) is 12.8 Å². The molecule has 1 aliphatic rings. The van der Waals surface area contributed by atoms with E-state index in [1.807, 2.05) is 6.08 Å². The van der Waals surface area contributed by atoms with Crippen molar-refractivity contribution in [2.45, 2.75) is 24.7 Å². The van der Waals surface area contributed by atoms with Gasteiger partial charge in [0.2, 0.25) is 0 Å². The molecule has 0 aromatic heterocycles. The van der Waals surface area contributed by atoms with Gasteiger partial charge in [-0.1, -0.05) is 36.7 Å². The van der Waals surface area contributed by atoms with Gasteiger partial charge in [0.1, 0.15) is 16.5 Å². The van der Waals surface area contributed by atoms with Gasteiger partial charge in [0, 0.05) is 23.3 Å². The lowest BCUT2D eigenvalue weighted by molar-refractivity contribution is 0.570. The molecule has 0 saturated carbocycles. The third kappa shape index (κ3) is 5.40. The number of allylic oxidation sites excluding steroid dienone is 3. The maximum absolute atomic E-state index is 14.0. The second-order valence-corrected chi connectivity index (χ2v) is 8.90. The number of hydrazone groups is 1. The van der Waals surface area contributed by atoms with Gasteiger partial charge in [0.15, 0.2) is 0 Å². The lowest BCUT2D eigenvalue weighted by atomic mass is 9.95. The van der Waals surface area contributed by atoms with Crippen molar-refractivity contribution in [3.05, 3.63) is 77.2 Å². The van der Waals surface area contributed by atoms with Crippen LogP contribution < -0.4 is 15.9 Å². The molecule has 1 unspecified atom stereocenters. The summed E-state index contributed by atoms with van der Waals surface area (Å²) in [5.74, 6) is -0.122. The molecule has 6 nitrogen and oxygen atoms in total. The maximum Gasteiger partial charge on any atom is 0.264 e. The second-order valence-electron chi connectivity index (χ2n) is 6.82. The Morgan fingerprint density at radius 2 is 2.00 bits per heavy atom. The van der Waals surface area contributed by atoms with Crippen LogP contribution in [0.4, 0.5) is 10.1 Å². The van der Waals surface area contributed by atoms with Crippen LogP contribution in [0.3, 0.4) is 0 Å². The molecular weight excluding hydrogens is 427 g/mol. The van der Waals surface area contributed by atoms with Crippen LogP contribution in [-0.4, -0.2) is 14.3 Å². The number of anilines is 1. The summed E-state index contributed by atoms with van der Waals surface area (Å²) in [5, 5.41) is 4.21. The largest absolute Gasteiger partial charge is 0.386 e. The number of hydrogen-bond acceptors (Lipinski definition) is 5. The zero-order chi connectivity index (χ0) is 21.7. The topological polar surface area (TPSA) is 96.6 Å². The van der Waals surface area contributed by atoms with Gasteiger partial charge >= 0.3 is 0 Å². The molecule has 0 spiro atoms. The van der Waals surface area contributed by atoms with Gasteiger partial charge in [0.25, 0.3) is 10.0 Å². The van der Waals surface area contributed by atoms with E-state index in [0.717, 1.165) is 29.7 Å². The Bertz CT molecular complexity index is 1110. The number of nitrogens with one attached hydrogen (secondary N) is 2. The fourth-order valence-corrected chi connectivity index (χ4v) is 4.41. The van der Waals surface area contributed by atoms with Gasteiger partial charge in [-0.2, -0.15) is 5.10 Å². The molecule has 1 aliphatic heterocycles. The number of amidine groups is 1. The lowest BCUT2D eigenvalue weighted by Gasteiger charge is -2.12. The molecule has 2 aromatic rings. The fourth-order valence-electron chi connectivity index (χ4n) is 3.01. The van der Waals surface area contributed by atoms with Gasteiger partial charge in [-0.3, -0.25) is 10.1 Å². The highest BCUT2D eigenvalue weighted by atomic mass is 35.5. The average Bonchev–Trinajstić information content (AvgIpc) is 2.80. The van der Waals surface area contributed by atoms with Crippen LogP contribution in [0.2, 0.25) is 5.02 Å². The van der Waals surface area contributed by atoms with Crippen molar-refractivity contribution in [2.75, 3.05) is 4.72 Å². The summed E-state index contributed by atoms with van der Waals surface area (Å²) in [6.07, 6.45) is 7.22. The molecule has 30 heavy (non-hydrogen) atoms. The summed E-state index contributed by atoms with van der Waals surface area (Å²) in [7, 11) is -4.12. The van der Waals surface area contributed by atoms with Gasteiger partial charge in [0.05, 0.1) is 0 Å². The van der Waals surface area contributed by atoms with E-state index >= 15 is 0 Å². The molecule has 1 heterocycles. The van der Waals surface area contributed by atoms with E-state index < -0.39 is 20.7 Å². The molecule has 4 N–H and O–H groups in total. The molecule has 1 atom stereocenters. The summed E-state index contributed by atoms with van der Waals surface area (Å²) in [6, 6.07) is 10.2. The van der Waals surface area contributed by atoms with E-state index in [1.54, 1.807) is 30.5 Å². The molecular formula is C21H22ClFN4O2S. The molecule has 2 aromatic carbocycles. The van der Waals surface area contributed by atoms with E-state index in [9.17, 15) is 12.8 Å². The highest BCUT2D eigenvalue weighted by Crippen LogP contribution is 2.26. The van der Waals surface area contributed by atoms with Crippen molar-refractivity contribution in [3.63, 3.8) is 0 Å². The number of sulfonamides is 1. The molecule has 0 radical (unpaired) electrons. The van der Waals surface area contributed by atoms with Crippen molar-refractivity contribution in [3.8, 4) is 0 Å². The molecule has 0 fully saturated rings. The standard InChI is InChI=1S/C21H22ClFN4O2S/c1-2-14-11-16(9-10-25-26-21(24)12-14)15-3-6-18(7-4-15)27-30(28,29)20-13-17(22)5-8-19(20)23/h3-11,13-14,25,27H,2,12H2,1H3,(H2,24,26)/b10-9+,16-11+. The first kappa shape index (κ1) is 21.9. The summed E-state index contributed by atoms with van der Waals surface area (Å²) in [4.78, 5) is -0.504. The third-order valence-corrected chi connectivity index (χ3v) is 6.24.